The average Bonchev–Trinajstić information content (AvgIpc) is 3.18. The molecular weight excluding hydrogens is 334 g/mol. The maximum absolute atomic E-state index is 13.0. The third kappa shape index (κ3) is 3.11. The van der Waals surface area contributed by atoms with Crippen molar-refractivity contribution >= 4 is 23.6 Å². The van der Waals surface area contributed by atoms with Crippen molar-refractivity contribution in [1.29, 1.82) is 0 Å². The molecule has 1 aromatic rings. The summed E-state index contributed by atoms with van der Waals surface area (Å²) in [5.74, 6) is 1.87. The fourth-order valence-corrected chi connectivity index (χ4v) is 5.66. The van der Waals surface area contributed by atoms with Gasteiger partial charge in [0.15, 0.2) is 0 Å². The molecule has 5 nitrogen and oxygen atoms in total. The Kier molecular flexibility index (Phi) is 4.60. The Labute approximate surface area is 153 Å². The third-order valence-corrected chi connectivity index (χ3v) is 7.04. The van der Waals surface area contributed by atoms with Crippen molar-refractivity contribution in [3.05, 3.63) is 35.9 Å². The Hall–Kier alpha value is -1.37. The number of imide groups is 1. The van der Waals surface area contributed by atoms with E-state index in [9.17, 15) is 9.59 Å². The van der Waals surface area contributed by atoms with Crippen LogP contribution in [0.3, 0.4) is 0 Å². The molecule has 1 spiro atoms. The summed E-state index contributed by atoms with van der Waals surface area (Å²) in [6.07, 6.45) is 1.26. The first-order valence-electron chi connectivity index (χ1n) is 8.99. The van der Waals surface area contributed by atoms with Crippen LogP contribution >= 0.6 is 11.8 Å². The van der Waals surface area contributed by atoms with Crippen LogP contribution in [-0.2, 0) is 9.59 Å². The molecular formula is C19H25N3O2S. The van der Waals surface area contributed by atoms with Crippen LogP contribution in [-0.4, -0.2) is 71.4 Å². The lowest BCUT2D eigenvalue weighted by Gasteiger charge is -2.41. The van der Waals surface area contributed by atoms with E-state index >= 15 is 0 Å². The van der Waals surface area contributed by atoms with Gasteiger partial charge in [-0.25, -0.2) is 0 Å². The van der Waals surface area contributed by atoms with Crippen LogP contribution in [0.1, 0.15) is 24.4 Å². The van der Waals surface area contributed by atoms with E-state index in [0.717, 1.165) is 37.6 Å². The van der Waals surface area contributed by atoms with Gasteiger partial charge < -0.3 is 4.90 Å². The molecule has 0 radical (unpaired) electrons. The molecule has 6 heteroatoms. The first kappa shape index (κ1) is 17.1. The summed E-state index contributed by atoms with van der Waals surface area (Å²) in [6, 6.07) is 10.6. The van der Waals surface area contributed by atoms with Gasteiger partial charge in [0.1, 0.15) is 0 Å². The van der Waals surface area contributed by atoms with E-state index in [1.165, 1.54) is 10.5 Å². The summed E-state index contributed by atoms with van der Waals surface area (Å²) in [5.41, 5.74) is 0.843. The summed E-state index contributed by atoms with van der Waals surface area (Å²) in [5, 5.41) is 0. The van der Waals surface area contributed by atoms with Crippen LogP contribution in [0.2, 0.25) is 0 Å². The number of benzene rings is 1. The fraction of sp³-hybridized carbons (Fsp3) is 0.579. The first-order chi connectivity index (χ1) is 12.1. The van der Waals surface area contributed by atoms with Gasteiger partial charge in [-0.1, -0.05) is 30.3 Å². The number of nitrogens with zero attached hydrogens (tertiary/aromatic N) is 3. The second-order valence-corrected chi connectivity index (χ2v) is 8.63. The summed E-state index contributed by atoms with van der Waals surface area (Å²) in [6.45, 7) is 3.17. The number of piperazine rings is 1. The molecule has 3 aliphatic heterocycles. The number of thioether (sulfide) groups is 1. The number of likely N-dealkylation sites (tertiary alicyclic amines) is 1. The smallest absolute Gasteiger partial charge is 0.237 e. The standard InChI is InChI=1S/C19H25N3O2S/c1-20-8-9-21(16(12-20)15-5-3-2-4-6-15)14-22-17(23)11-19(18(22)24)7-10-25-13-19/h2-6,16H,7-14H2,1H3. The van der Waals surface area contributed by atoms with Gasteiger partial charge in [-0.15, -0.1) is 0 Å². The molecule has 0 N–H and O–H groups in total. The number of carbonyl (C=O) groups is 2. The largest absolute Gasteiger partial charge is 0.303 e. The van der Waals surface area contributed by atoms with Crippen molar-refractivity contribution in [3.63, 3.8) is 0 Å². The van der Waals surface area contributed by atoms with Crippen molar-refractivity contribution in [2.45, 2.75) is 18.9 Å². The highest BCUT2D eigenvalue weighted by molar-refractivity contribution is 7.99. The molecule has 2 amide bonds. The normalized spacial score (nSPS) is 31.4. The molecule has 3 heterocycles. The minimum Gasteiger partial charge on any atom is -0.303 e. The predicted molar refractivity (Wildman–Crippen MR) is 99.1 cm³/mol. The Morgan fingerprint density at radius 3 is 2.72 bits per heavy atom. The number of likely N-dealkylation sites (N-methyl/N-ethyl adjacent to an activating group) is 1. The van der Waals surface area contributed by atoms with Crippen molar-refractivity contribution in [2.24, 2.45) is 5.41 Å². The zero-order chi connectivity index (χ0) is 17.4. The number of hydrogen-bond acceptors (Lipinski definition) is 5. The van der Waals surface area contributed by atoms with Gasteiger partial charge in [-0.3, -0.25) is 19.4 Å². The Bertz CT molecular complexity index is 660. The van der Waals surface area contributed by atoms with E-state index in [2.05, 4.69) is 41.1 Å². The molecule has 1 aromatic carbocycles. The number of amides is 2. The van der Waals surface area contributed by atoms with Gasteiger partial charge in [0, 0.05) is 37.8 Å². The lowest BCUT2D eigenvalue weighted by molar-refractivity contribution is -0.144. The summed E-state index contributed by atoms with van der Waals surface area (Å²) in [4.78, 5) is 31.7. The maximum atomic E-state index is 13.0. The van der Waals surface area contributed by atoms with E-state index in [4.69, 9.17) is 0 Å². The Balaban J connectivity index is 1.54. The topological polar surface area (TPSA) is 43.9 Å². The fourth-order valence-electron chi connectivity index (χ4n) is 4.22. The number of hydrogen-bond donors (Lipinski definition) is 0. The number of carbonyl (C=O) groups excluding carboxylic acids is 2. The molecule has 25 heavy (non-hydrogen) atoms. The van der Waals surface area contributed by atoms with Crippen molar-refractivity contribution in [3.8, 4) is 0 Å². The molecule has 134 valence electrons. The zero-order valence-corrected chi connectivity index (χ0v) is 15.5. The van der Waals surface area contributed by atoms with Crippen LogP contribution in [0.5, 0.6) is 0 Å². The zero-order valence-electron chi connectivity index (χ0n) is 14.7. The number of rotatable bonds is 3. The first-order valence-corrected chi connectivity index (χ1v) is 10.1. The lowest BCUT2D eigenvalue weighted by Crippen LogP contribution is -2.52. The molecule has 0 bridgehead atoms. The molecule has 0 aliphatic carbocycles. The molecule has 3 saturated heterocycles. The summed E-state index contributed by atoms with van der Waals surface area (Å²) in [7, 11) is 2.13. The highest BCUT2D eigenvalue weighted by Gasteiger charge is 2.53. The van der Waals surface area contributed by atoms with Gasteiger partial charge in [0.05, 0.1) is 12.1 Å². The average molecular weight is 359 g/mol. The van der Waals surface area contributed by atoms with Crippen molar-refractivity contribution < 1.29 is 9.59 Å². The third-order valence-electron chi connectivity index (χ3n) is 5.79. The molecule has 2 atom stereocenters. The van der Waals surface area contributed by atoms with E-state index in [-0.39, 0.29) is 17.9 Å². The molecule has 3 aliphatic rings. The van der Waals surface area contributed by atoms with Crippen LogP contribution in [0.4, 0.5) is 0 Å². The lowest BCUT2D eigenvalue weighted by atomic mass is 9.86. The molecule has 3 fully saturated rings. The van der Waals surface area contributed by atoms with Gasteiger partial charge in [0.2, 0.25) is 11.8 Å². The van der Waals surface area contributed by atoms with Crippen molar-refractivity contribution in [2.75, 3.05) is 44.9 Å². The van der Waals surface area contributed by atoms with E-state index in [1.54, 1.807) is 11.8 Å². The van der Waals surface area contributed by atoms with Crippen molar-refractivity contribution in [1.82, 2.24) is 14.7 Å². The van der Waals surface area contributed by atoms with Crippen LogP contribution in [0.15, 0.2) is 30.3 Å². The monoisotopic (exact) mass is 359 g/mol. The maximum Gasteiger partial charge on any atom is 0.237 e. The minimum absolute atomic E-state index is 0.0123. The van der Waals surface area contributed by atoms with E-state index < -0.39 is 5.41 Å². The molecule has 0 aromatic heterocycles. The van der Waals surface area contributed by atoms with Gasteiger partial charge in [-0.05, 0) is 24.8 Å². The molecule has 2 unspecified atom stereocenters. The highest BCUT2D eigenvalue weighted by atomic mass is 32.2. The van der Waals surface area contributed by atoms with Gasteiger partial charge in [0.25, 0.3) is 0 Å². The van der Waals surface area contributed by atoms with E-state index in [0.29, 0.717) is 13.1 Å². The second-order valence-electron chi connectivity index (χ2n) is 7.53. The molecule has 4 rings (SSSR count). The SMILES string of the molecule is CN1CCN(CN2C(=O)CC3(CCSC3)C2=O)C(c2ccccc2)C1. The minimum atomic E-state index is -0.406. The van der Waals surface area contributed by atoms with E-state index in [1.807, 2.05) is 6.07 Å². The van der Waals surface area contributed by atoms with Crippen LogP contribution in [0.25, 0.3) is 0 Å². The second kappa shape index (κ2) is 6.74. The van der Waals surface area contributed by atoms with Crippen LogP contribution in [0, 0.1) is 5.41 Å². The predicted octanol–water partition coefficient (Wildman–Crippen LogP) is 1.81. The molecule has 0 saturated carbocycles. The highest BCUT2D eigenvalue weighted by Crippen LogP contribution is 2.45. The van der Waals surface area contributed by atoms with Gasteiger partial charge in [-0.2, -0.15) is 11.8 Å². The Morgan fingerprint density at radius 1 is 1.20 bits per heavy atom. The Morgan fingerprint density at radius 2 is 2.00 bits per heavy atom. The summed E-state index contributed by atoms with van der Waals surface area (Å²) >= 11 is 1.80. The summed E-state index contributed by atoms with van der Waals surface area (Å²) < 4.78 is 0. The quantitative estimate of drug-likeness (QED) is 0.770. The van der Waals surface area contributed by atoms with Crippen LogP contribution < -0.4 is 0 Å². The van der Waals surface area contributed by atoms with Gasteiger partial charge >= 0.3 is 0 Å².